The molecule has 112 valence electrons. The third-order valence-corrected chi connectivity index (χ3v) is 3.16. The van der Waals surface area contributed by atoms with Crippen molar-refractivity contribution < 1.29 is 9.53 Å². The van der Waals surface area contributed by atoms with Gasteiger partial charge in [0.05, 0.1) is 7.11 Å². The molecule has 2 N–H and O–H groups in total. The number of hydrogen-bond acceptors (Lipinski definition) is 3. The summed E-state index contributed by atoms with van der Waals surface area (Å²) in [6, 6.07) is 7.02. The third kappa shape index (κ3) is 3.53. The molecule has 1 aromatic heterocycles. The van der Waals surface area contributed by atoms with Crippen LogP contribution in [0.4, 0.5) is 4.79 Å². The zero-order chi connectivity index (χ0) is 15.2. The first-order chi connectivity index (χ1) is 10.2. The fourth-order valence-electron chi connectivity index (χ4n) is 2.12. The van der Waals surface area contributed by atoms with Gasteiger partial charge in [0.15, 0.2) is 0 Å². The van der Waals surface area contributed by atoms with Gasteiger partial charge in [-0.1, -0.05) is 12.1 Å². The smallest absolute Gasteiger partial charge is 0.315 e. The van der Waals surface area contributed by atoms with Crippen molar-refractivity contribution >= 4 is 6.03 Å². The molecule has 0 aliphatic carbocycles. The number of carbonyl (C=O) groups excluding carboxylic acids is 1. The van der Waals surface area contributed by atoms with E-state index in [1.165, 1.54) is 0 Å². The predicted octanol–water partition coefficient (Wildman–Crippen LogP) is 1.84. The quantitative estimate of drug-likeness (QED) is 0.882. The molecule has 0 saturated carbocycles. The summed E-state index contributed by atoms with van der Waals surface area (Å²) in [5, 5.41) is 5.68. The van der Waals surface area contributed by atoms with Crippen molar-refractivity contribution in [3.05, 3.63) is 48.0 Å². The van der Waals surface area contributed by atoms with Crippen LogP contribution in [0.2, 0.25) is 0 Å². The van der Waals surface area contributed by atoms with Gasteiger partial charge in [-0.15, -0.1) is 0 Å². The highest BCUT2D eigenvalue weighted by Crippen LogP contribution is 2.23. The largest absolute Gasteiger partial charge is 0.497 e. The molecular weight excluding hydrogens is 268 g/mol. The minimum atomic E-state index is -0.341. The van der Waals surface area contributed by atoms with Crippen LogP contribution >= 0.6 is 0 Å². The first-order valence-corrected chi connectivity index (χ1v) is 6.81. The number of aromatic nitrogens is 2. The number of carbonyl (C=O) groups is 1. The minimum absolute atomic E-state index is 0.228. The van der Waals surface area contributed by atoms with Crippen LogP contribution in [-0.4, -0.2) is 29.2 Å². The van der Waals surface area contributed by atoms with Crippen LogP contribution in [0, 0.1) is 0 Å². The molecule has 21 heavy (non-hydrogen) atoms. The van der Waals surface area contributed by atoms with Crippen LogP contribution in [-0.2, 0) is 7.05 Å². The van der Waals surface area contributed by atoms with Crippen LogP contribution in [0.1, 0.15) is 24.4 Å². The number of nitrogens with zero attached hydrogens (tertiary/aromatic N) is 2. The Kier molecular flexibility index (Phi) is 4.81. The number of benzene rings is 1. The van der Waals surface area contributed by atoms with E-state index in [-0.39, 0.29) is 12.1 Å². The molecule has 2 aromatic rings. The van der Waals surface area contributed by atoms with Crippen molar-refractivity contribution in [2.75, 3.05) is 13.7 Å². The van der Waals surface area contributed by atoms with Gasteiger partial charge in [0.25, 0.3) is 0 Å². The van der Waals surface area contributed by atoms with Gasteiger partial charge in [-0.05, 0) is 24.6 Å². The highest BCUT2D eigenvalue weighted by atomic mass is 16.5. The maximum Gasteiger partial charge on any atom is 0.315 e. The normalized spacial score (nSPS) is 11.8. The van der Waals surface area contributed by atoms with E-state index in [4.69, 9.17) is 4.74 Å². The van der Waals surface area contributed by atoms with E-state index in [0.717, 1.165) is 17.1 Å². The number of ether oxygens (including phenoxy) is 1. The van der Waals surface area contributed by atoms with E-state index in [0.29, 0.717) is 6.54 Å². The van der Waals surface area contributed by atoms with Gasteiger partial charge in [-0.3, -0.25) is 0 Å². The van der Waals surface area contributed by atoms with E-state index in [1.807, 2.05) is 49.0 Å². The topological polar surface area (TPSA) is 68.2 Å². The van der Waals surface area contributed by atoms with Gasteiger partial charge in [-0.2, -0.15) is 0 Å². The Morgan fingerprint density at radius 1 is 1.48 bits per heavy atom. The summed E-state index contributed by atoms with van der Waals surface area (Å²) in [6.45, 7) is 2.44. The molecule has 1 atom stereocenters. The van der Waals surface area contributed by atoms with Crippen molar-refractivity contribution in [2.45, 2.75) is 13.0 Å². The molecule has 6 nitrogen and oxygen atoms in total. The Morgan fingerprint density at radius 3 is 2.90 bits per heavy atom. The van der Waals surface area contributed by atoms with Crippen molar-refractivity contribution in [3.8, 4) is 5.75 Å². The fourth-order valence-corrected chi connectivity index (χ4v) is 2.12. The van der Waals surface area contributed by atoms with E-state index in [9.17, 15) is 4.79 Å². The Morgan fingerprint density at radius 2 is 2.29 bits per heavy atom. The lowest BCUT2D eigenvalue weighted by atomic mass is 10.1. The summed E-state index contributed by atoms with van der Waals surface area (Å²) in [4.78, 5) is 16.2. The van der Waals surface area contributed by atoms with Gasteiger partial charge in [0.2, 0.25) is 0 Å². The number of methoxy groups -OCH3 is 1. The molecule has 1 aromatic carbocycles. The molecule has 1 heterocycles. The van der Waals surface area contributed by atoms with E-state index < -0.39 is 0 Å². The van der Waals surface area contributed by atoms with Crippen molar-refractivity contribution in [1.29, 1.82) is 0 Å². The SMILES string of the molecule is CCNC(=O)NC(c1cccc(OC)c1)c1nccn1C. The Labute approximate surface area is 124 Å². The van der Waals surface area contributed by atoms with Crippen molar-refractivity contribution in [2.24, 2.45) is 7.05 Å². The van der Waals surface area contributed by atoms with Crippen molar-refractivity contribution in [3.63, 3.8) is 0 Å². The number of aryl methyl sites for hydroxylation is 1. The second kappa shape index (κ2) is 6.78. The first kappa shape index (κ1) is 14.9. The molecule has 2 amide bonds. The molecular formula is C15H20N4O2. The molecule has 6 heteroatoms. The maximum atomic E-state index is 11.9. The van der Waals surface area contributed by atoms with Crippen LogP contribution < -0.4 is 15.4 Å². The minimum Gasteiger partial charge on any atom is -0.497 e. The summed E-state index contributed by atoms with van der Waals surface area (Å²) >= 11 is 0. The van der Waals surface area contributed by atoms with E-state index in [1.54, 1.807) is 13.3 Å². The lowest BCUT2D eigenvalue weighted by molar-refractivity contribution is 0.238. The predicted molar refractivity (Wildman–Crippen MR) is 80.3 cm³/mol. The standard InChI is InChI=1S/C15H20N4O2/c1-4-16-15(20)18-13(14-17-8-9-19(14)2)11-6-5-7-12(10-11)21-3/h5-10,13H,4H2,1-3H3,(H2,16,18,20). The van der Waals surface area contributed by atoms with Gasteiger partial charge in [0, 0.05) is 26.0 Å². The second-order valence-corrected chi connectivity index (χ2v) is 4.61. The number of imidazole rings is 1. The second-order valence-electron chi connectivity index (χ2n) is 4.61. The van der Waals surface area contributed by atoms with Crippen molar-refractivity contribution in [1.82, 2.24) is 20.2 Å². The number of nitrogens with one attached hydrogen (secondary N) is 2. The zero-order valence-electron chi connectivity index (χ0n) is 12.5. The van der Waals surface area contributed by atoms with Gasteiger partial charge in [-0.25, -0.2) is 9.78 Å². The highest BCUT2D eigenvalue weighted by Gasteiger charge is 2.20. The number of amides is 2. The molecule has 0 radical (unpaired) electrons. The molecule has 2 rings (SSSR count). The molecule has 0 bridgehead atoms. The summed E-state index contributed by atoms with van der Waals surface area (Å²) in [5.74, 6) is 1.50. The molecule has 0 saturated heterocycles. The number of hydrogen-bond donors (Lipinski definition) is 2. The monoisotopic (exact) mass is 288 g/mol. The summed E-state index contributed by atoms with van der Waals surface area (Å²) in [5.41, 5.74) is 0.912. The highest BCUT2D eigenvalue weighted by molar-refractivity contribution is 5.74. The summed E-state index contributed by atoms with van der Waals surface area (Å²) in [6.07, 6.45) is 3.56. The number of rotatable bonds is 5. The Hall–Kier alpha value is -2.50. The van der Waals surface area contributed by atoms with Gasteiger partial charge < -0.3 is 19.9 Å². The molecule has 0 aliphatic rings. The van der Waals surface area contributed by atoms with Gasteiger partial charge in [0.1, 0.15) is 17.6 Å². The van der Waals surface area contributed by atoms with Crippen LogP contribution in [0.3, 0.4) is 0 Å². The Balaban J connectivity index is 2.35. The van der Waals surface area contributed by atoms with E-state index in [2.05, 4.69) is 15.6 Å². The molecule has 1 unspecified atom stereocenters. The lowest BCUT2D eigenvalue weighted by Gasteiger charge is -2.19. The summed E-state index contributed by atoms with van der Waals surface area (Å²) < 4.78 is 7.13. The average molecular weight is 288 g/mol. The van der Waals surface area contributed by atoms with Crippen LogP contribution in [0.15, 0.2) is 36.7 Å². The zero-order valence-corrected chi connectivity index (χ0v) is 12.5. The summed E-state index contributed by atoms with van der Waals surface area (Å²) in [7, 11) is 3.51. The fraction of sp³-hybridized carbons (Fsp3) is 0.333. The Bertz CT molecular complexity index is 609. The van der Waals surface area contributed by atoms with Crippen LogP contribution in [0.25, 0.3) is 0 Å². The van der Waals surface area contributed by atoms with E-state index >= 15 is 0 Å². The average Bonchev–Trinajstić information content (AvgIpc) is 2.91. The lowest BCUT2D eigenvalue weighted by Crippen LogP contribution is -2.39. The molecule has 0 aliphatic heterocycles. The van der Waals surface area contributed by atoms with Crippen LogP contribution in [0.5, 0.6) is 5.75 Å². The molecule has 0 spiro atoms. The van der Waals surface area contributed by atoms with Gasteiger partial charge >= 0.3 is 6.03 Å². The third-order valence-electron chi connectivity index (χ3n) is 3.16. The first-order valence-electron chi connectivity index (χ1n) is 6.81. The number of urea groups is 1. The maximum absolute atomic E-state index is 11.9. The molecule has 0 fully saturated rings.